The van der Waals surface area contributed by atoms with Gasteiger partial charge in [0, 0.05) is 17.7 Å². The Hall–Kier alpha value is -2.54. The Kier molecular flexibility index (Phi) is 5.51. The molecule has 0 radical (unpaired) electrons. The predicted octanol–water partition coefficient (Wildman–Crippen LogP) is 4.47. The number of hydrogen-bond donors (Lipinski definition) is 0. The van der Waals surface area contributed by atoms with Crippen LogP contribution in [0.2, 0.25) is 0 Å². The number of likely N-dealkylation sites (tertiary alicyclic amines) is 1. The molecule has 3 aliphatic rings. The molecule has 5 nitrogen and oxygen atoms in total. The van der Waals surface area contributed by atoms with Gasteiger partial charge in [0.05, 0.1) is 25.3 Å². The van der Waals surface area contributed by atoms with E-state index in [1.54, 1.807) is 0 Å². The number of rotatable bonds is 4. The zero-order valence-electron chi connectivity index (χ0n) is 17.8. The second kappa shape index (κ2) is 8.77. The van der Waals surface area contributed by atoms with Crippen LogP contribution in [0.1, 0.15) is 29.3 Å². The van der Waals surface area contributed by atoms with Crippen LogP contribution in [0.15, 0.2) is 91.0 Å². The van der Waals surface area contributed by atoms with Crippen molar-refractivity contribution in [1.82, 2.24) is 4.90 Å². The number of fused-ring (bicyclic) bond motifs is 3. The van der Waals surface area contributed by atoms with E-state index in [-0.39, 0.29) is 36.9 Å². The molecule has 164 valence electrons. The number of hydrogen-bond acceptors (Lipinski definition) is 5. The average Bonchev–Trinajstić information content (AvgIpc) is 3.18. The molecule has 32 heavy (non-hydrogen) atoms. The van der Waals surface area contributed by atoms with Gasteiger partial charge in [0.25, 0.3) is 0 Å². The molecule has 3 fully saturated rings. The molecule has 6 atom stereocenters. The van der Waals surface area contributed by atoms with Gasteiger partial charge in [-0.3, -0.25) is 4.90 Å². The van der Waals surface area contributed by atoms with Gasteiger partial charge in [-0.1, -0.05) is 91.0 Å². The Balaban J connectivity index is 1.28. The first-order valence-corrected chi connectivity index (χ1v) is 11.3. The molecule has 5 heteroatoms. The zero-order chi connectivity index (χ0) is 21.3. The van der Waals surface area contributed by atoms with E-state index < -0.39 is 0 Å². The topological polar surface area (TPSA) is 40.2 Å². The molecule has 0 N–H and O–H groups in total. The molecular weight excluding hydrogens is 402 g/mol. The van der Waals surface area contributed by atoms with E-state index in [0.717, 1.165) is 17.7 Å². The molecule has 0 saturated carbocycles. The summed E-state index contributed by atoms with van der Waals surface area (Å²) in [5.41, 5.74) is 3.34. The van der Waals surface area contributed by atoms with E-state index in [0.29, 0.717) is 13.2 Å². The lowest BCUT2D eigenvalue weighted by atomic mass is 10.0. The van der Waals surface area contributed by atoms with Crippen molar-refractivity contribution in [3.05, 3.63) is 108 Å². The largest absolute Gasteiger partial charge is 0.347 e. The molecule has 0 bridgehead atoms. The van der Waals surface area contributed by atoms with Crippen LogP contribution in [0, 0.1) is 0 Å². The second-order valence-electron chi connectivity index (χ2n) is 8.65. The maximum atomic E-state index is 6.57. The van der Waals surface area contributed by atoms with Gasteiger partial charge < -0.3 is 18.9 Å². The van der Waals surface area contributed by atoms with E-state index in [1.165, 1.54) is 5.56 Å². The van der Waals surface area contributed by atoms with Gasteiger partial charge in [-0.05, 0) is 5.56 Å². The molecule has 6 rings (SSSR count). The van der Waals surface area contributed by atoms with E-state index >= 15 is 0 Å². The molecular formula is C27H27NO4. The van der Waals surface area contributed by atoms with Gasteiger partial charge in [0.1, 0.15) is 12.2 Å². The highest BCUT2D eigenvalue weighted by Gasteiger charge is 2.56. The minimum Gasteiger partial charge on any atom is -0.347 e. The summed E-state index contributed by atoms with van der Waals surface area (Å²) in [7, 11) is 0. The summed E-state index contributed by atoms with van der Waals surface area (Å²) in [5, 5.41) is 0. The van der Waals surface area contributed by atoms with Crippen LogP contribution < -0.4 is 0 Å². The molecule has 3 saturated heterocycles. The maximum absolute atomic E-state index is 6.57. The number of benzene rings is 3. The van der Waals surface area contributed by atoms with Gasteiger partial charge in [-0.25, -0.2) is 0 Å². The standard InChI is InChI=1S/C27H27NO4/c1-4-10-19(11-5-1)16-28-22-17-29-26(20-12-6-2-7-13-20)31-24(22)25-23(28)18-30-27(32-25)21-14-8-3-9-15-21/h1-15,22-27H,16-18H2/t22-,23-,24+,25+,26-,27+/m0/s1. The van der Waals surface area contributed by atoms with Gasteiger partial charge in [-0.15, -0.1) is 0 Å². The zero-order valence-corrected chi connectivity index (χ0v) is 17.8. The molecule has 3 heterocycles. The van der Waals surface area contributed by atoms with Crippen LogP contribution in [0.5, 0.6) is 0 Å². The average molecular weight is 430 g/mol. The first kappa shape index (κ1) is 20.1. The number of nitrogens with zero attached hydrogens (tertiary/aromatic N) is 1. The quantitative estimate of drug-likeness (QED) is 0.612. The highest BCUT2D eigenvalue weighted by atomic mass is 16.7. The van der Waals surface area contributed by atoms with Crippen molar-refractivity contribution in [1.29, 1.82) is 0 Å². The Morgan fingerprint density at radius 1 is 0.594 bits per heavy atom. The lowest BCUT2D eigenvalue weighted by Crippen LogP contribution is -2.47. The molecule has 0 amide bonds. The highest BCUT2D eigenvalue weighted by Crippen LogP contribution is 2.43. The van der Waals surface area contributed by atoms with Crippen molar-refractivity contribution in [2.24, 2.45) is 0 Å². The monoisotopic (exact) mass is 429 g/mol. The minimum atomic E-state index is -0.378. The van der Waals surface area contributed by atoms with E-state index in [1.807, 2.05) is 42.5 Å². The summed E-state index contributed by atoms with van der Waals surface area (Å²) >= 11 is 0. The Morgan fingerprint density at radius 2 is 1.03 bits per heavy atom. The van der Waals surface area contributed by atoms with Crippen LogP contribution in [-0.4, -0.2) is 42.4 Å². The van der Waals surface area contributed by atoms with Crippen molar-refractivity contribution in [2.45, 2.75) is 43.4 Å². The first-order chi connectivity index (χ1) is 15.9. The number of ether oxygens (including phenoxy) is 4. The van der Waals surface area contributed by atoms with Crippen LogP contribution in [0.25, 0.3) is 0 Å². The molecule has 0 unspecified atom stereocenters. The van der Waals surface area contributed by atoms with Crippen molar-refractivity contribution in [3.63, 3.8) is 0 Å². The summed E-state index contributed by atoms with van der Waals surface area (Å²) in [6.07, 6.45) is -0.927. The van der Waals surface area contributed by atoms with Crippen molar-refractivity contribution in [3.8, 4) is 0 Å². The fraction of sp³-hybridized carbons (Fsp3) is 0.333. The third kappa shape index (κ3) is 3.76. The van der Waals surface area contributed by atoms with Gasteiger partial charge >= 0.3 is 0 Å². The second-order valence-corrected chi connectivity index (χ2v) is 8.65. The summed E-state index contributed by atoms with van der Waals surface area (Å²) in [6.45, 7) is 2.02. The fourth-order valence-electron chi connectivity index (χ4n) is 5.11. The molecule has 0 aromatic heterocycles. The molecule has 3 aromatic carbocycles. The summed E-state index contributed by atoms with van der Waals surface area (Å²) in [5.74, 6) is 0. The molecule has 3 aliphatic heterocycles. The Bertz CT molecular complexity index is 952. The van der Waals surface area contributed by atoms with Gasteiger partial charge in [-0.2, -0.15) is 0 Å². The van der Waals surface area contributed by atoms with Crippen LogP contribution in [0.3, 0.4) is 0 Å². The molecule has 0 spiro atoms. The van der Waals surface area contributed by atoms with E-state index in [4.69, 9.17) is 18.9 Å². The smallest absolute Gasteiger partial charge is 0.184 e. The highest BCUT2D eigenvalue weighted by molar-refractivity contribution is 5.21. The SMILES string of the molecule is c1ccc(CN2[C@H]3CO[C@@H](c4ccccc4)O[C@H]3[C@@H]3O[C@@H](c4ccccc4)OC[C@@H]32)cc1. The van der Waals surface area contributed by atoms with E-state index in [2.05, 4.69) is 53.4 Å². The van der Waals surface area contributed by atoms with Crippen molar-refractivity contribution < 1.29 is 18.9 Å². The normalized spacial score (nSPS) is 32.2. The first-order valence-electron chi connectivity index (χ1n) is 11.3. The third-order valence-electron chi connectivity index (χ3n) is 6.68. The fourth-order valence-corrected chi connectivity index (χ4v) is 5.11. The van der Waals surface area contributed by atoms with Crippen molar-refractivity contribution >= 4 is 0 Å². The van der Waals surface area contributed by atoms with Crippen LogP contribution >= 0.6 is 0 Å². The maximum Gasteiger partial charge on any atom is 0.184 e. The van der Waals surface area contributed by atoms with Crippen molar-refractivity contribution in [2.75, 3.05) is 13.2 Å². The third-order valence-corrected chi connectivity index (χ3v) is 6.68. The van der Waals surface area contributed by atoms with E-state index in [9.17, 15) is 0 Å². The summed E-state index contributed by atoms with van der Waals surface area (Å²) < 4.78 is 25.6. The van der Waals surface area contributed by atoms with Gasteiger partial charge in [0.2, 0.25) is 0 Å². The van der Waals surface area contributed by atoms with Crippen LogP contribution in [-0.2, 0) is 25.5 Å². The summed E-state index contributed by atoms with van der Waals surface area (Å²) in [6, 6.07) is 31.1. The lowest BCUT2D eigenvalue weighted by molar-refractivity contribution is -0.278. The van der Waals surface area contributed by atoms with Gasteiger partial charge in [0.15, 0.2) is 12.6 Å². The lowest BCUT2D eigenvalue weighted by Gasteiger charge is -2.37. The molecule has 0 aliphatic carbocycles. The molecule has 3 aromatic rings. The summed E-state index contributed by atoms with van der Waals surface area (Å²) in [4.78, 5) is 2.45. The van der Waals surface area contributed by atoms with Crippen LogP contribution in [0.4, 0.5) is 0 Å². The Morgan fingerprint density at radius 3 is 1.50 bits per heavy atom. The predicted molar refractivity (Wildman–Crippen MR) is 120 cm³/mol. The Labute approximate surface area is 188 Å². The minimum absolute atomic E-state index is 0.0854.